The second-order valence-electron chi connectivity index (χ2n) is 1.78. The summed E-state index contributed by atoms with van der Waals surface area (Å²) in [6.07, 6.45) is -0.303. The van der Waals surface area contributed by atoms with Crippen LogP contribution < -0.4 is 5.11 Å². The van der Waals surface area contributed by atoms with E-state index in [1.165, 1.54) is 6.92 Å². The SMILES string of the molecule is CC(CC(=O)[O-])C(=O)Cl. The van der Waals surface area contributed by atoms with Crippen molar-refractivity contribution in [3.05, 3.63) is 0 Å². The van der Waals surface area contributed by atoms with Crippen LogP contribution in [0.2, 0.25) is 0 Å². The van der Waals surface area contributed by atoms with Gasteiger partial charge in [0, 0.05) is 11.9 Å². The summed E-state index contributed by atoms with van der Waals surface area (Å²) in [5.74, 6) is -1.90. The number of carbonyl (C=O) groups excluding carboxylic acids is 2. The summed E-state index contributed by atoms with van der Waals surface area (Å²) in [5, 5.41) is 9.15. The summed E-state index contributed by atoms with van der Waals surface area (Å²) >= 11 is 4.94. The monoisotopic (exact) mass is 149 g/mol. The molecule has 0 aliphatic carbocycles. The van der Waals surface area contributed by atoms with Crippen LogP contribution in [-0.4, -0.2) is 11.2 Å². The molecule has 0 heterocycles. The lowest BCUT2D eigenvalue weighted by Gasteiger charge is -2.04. The zero-order valence-electron chi connectivity index (χ0n) is 4.89. The minimum atomic E-state index is -1.25. The van der Waals surface area contributed by atoms with E-state index in [0.29, 0.717) is 0 Å². The third-order valence-corrected chi connectivity index (χ3v) is 1.23. The Bertz CT molecular complexity index is 132. The molecule has 4 heteroatoms. The van der Waals surface area contributed by atoms with Gasteiger partial charge in [0.25, 0.3) is 0 Å². The van der Waals surface area contributed by atoms with E-state index in [2.05, 4.69) is 0 Å². The fraction of sp³-hybridized carbons (Fsp3) is 0.600. The van der Waals surface area contributed by atoms with Crippen molar-refractivity contribution in [1.29, 1.82) is 0 Å². The zero-order chi connectivity index (χ0) is 7.44. The van der Waals surface area contributed by atoms with Gasteiger partial charge in [-0.05, 0) is 18.0 Å². The molecule has 0 saturated heterocycles. The van der Waals surface area contributed by atoms with E-state index in [0.717, 1.165) is 0 Å². The van der Waals surface area contributed by atoms with Gasteiger partial charge in [0.15, 0.2) is 0 Å². The van der Waals surface area contributed by atoms with Gasteiger partial charge in [-0.15, -0.1) is 0 Å². The van der Waals surface area contributed by atoms with Gasteiger partial charge in [-0.25, -0.2) is 0 Å². The summed E-state index contributed by atoms with van der Waals surface area (Å²) in [6, 6.07) is 0. The van der Waals surface area contributed by atoms with E-state index in [4.69, 9.17) is 11.6 Å². The van der Waals surface area contributed by atoms with Crippen LogP contribution in [0.4, 0.5) is 0 Å². The molecule has 0 aromatic carbocycles. The quantitative estimate of drug-likeness (QED) is 0.510. The van der Waals surface area contributed by atoms with Crippen LogP contribution in [0, 0.1) is 5.92 Å². The molecule has 52 valence electrons. The van der Waals surface area contributed by atoms with Gasteiger partial charge in [0.2, 0.25) is 5.24 Å². The van der Waals surface area contributed by atoms with E-state index in [1.807, 2.05) is 0 Å². The van der Waals surface area contributed by atoms with Gasteiger partial charge in [0.1, 0.15) is 0 Å². The Morgan fingerprint density at radius 2 is 2.11 bits per heavy atom. The van der Waals surface area contributed by atoms with Gasteiger partial charge in [-0.2, -0.15) is 0 Å². The third kappa shape index (κ3) is 3.97. The molecule has 0 aliphatic rings. The van der Waals surface area contributed by atoms with Crippen molar-refractivity contribution in [2.45, 2.75) is 13.3 Å². The number of aliphatic carboxylic acids is 1. The first kappa shape index (κ1) is 8.43. The van der Waals surface area contributed by atoms with Crippen LogP contribution >= 0.6 is 11.6 Å². The number of carbonyl (C=O) groups is 2. The highest BCUT2D eigenvalue weighted by atomic mass is 35.5. The summed E-state index contributed by atoms with van der Waals surface area (Å²) < 4.78 is 0. The average Bonchev–Trinajstić information content (AvgIpc) is 1.63. The second-order valence-corrected chi connectivity index (χ2v) is 2.15. The fourth-order valence-corrected chi connectivity index (χ4v) is 0.407. The van der Waals surface area contributed by atoms with Crippen molar-refractivity contribution in [2.24, 2.45) is 5.92 Å². The molecule has 0 aromatic rings. The molecule has 0 aromatic heterocycles. The molecule has 9 heavy (non-hydrogen) atoms. The zero-order valence-corrected chi connectivity index (χ0v) is 5.64. The molecule has 0 radical (unpaired) electrons. The van der Waals surface area contributed by atoms with Gasteiger partial charge in [-0.1, -0.05) is 6.92 Å². The summed E-state index contributed by atoms with van der Waals surface area (Å²) in [6.45, 7) is 1.44. The first-order valence-electron chi connectivity index (χ1n) is 2.43. The van der Waals surface area contributed by atoms with E-state index >= 15 is 0 Å². The maximum atomic E-state index is 10.2. The Morgan fingerprint density at radius 1 is 1.67 bits per heavy atom. The third-order valence-electron chi connectivity index (χ3n) is 0.860. The van der Waals surface area contributed by atoms with Crippen molar-refractivity contribution < 1.29 is 14.7 Å². The molecule has 0 fully saturated rings. The molecule has 0 saturated carbocycles. The minimum absolute atomic E-state index is 0.303. The van der Waals surface area contributed by atoms with E-state index in [-0.39, 0.29) is 6.42 Å². The molecule has 1 unspecified atom stereocenters. The van der Waals surface area contributed by atoms with Gasteiger partial charge >= 0.3 is 0 Å². The minimum Gasteiger partial charge on any atom is -0.550 e. The first-order chi connectivity index (χ1) is 4.04. The molecule has 1 atom stereocenters. The van der Waals surface area contributed by atoms with E-state index < -0.39 is 17.1 Å². The molecule has 0 amide bonds. The molecule has 0 spiro atoms. The average molecular weight is 150 g/mol. The van der Waals surface area contributed by atoms with Crippen LogP contribution in [0.1, 0.15) is 13.3 Å². The highest BCUT2D eigenvalue weighted by molar-refractivity contribution is 6.64. The Hall–Kier alpha value is -0.570. The summed E-state index contributed by atoms with van der Waals surface area (Å²) in [5.41, 5.74) is 0. The lowest BCUT2D eigenvalue weighted by atomic mass is 10.1. The van der Waals surface area contributed by atoms with Crippen LogP contribution in [-0.2, 0) is 9.59 Å². The van der Waals surface area contributed by atoms with E-state index in [9.17, 15) is 14.7 Å². The molecule has 0 N–H and O–H groups in total. The fourth-order valence-electron chi connectivity index (χ4n) is 0.330. The van der Waals surface area contributed by atoms with Crippen LogP contribution in [0.25, 0.3) is 0 Å². The smallest absolute Gasteiger partial charge is 0.224 e. The maximum Gasteiger partial charge on any atom is 0.224 e. The highest BCUT2D eigenvalue weighted by Gasteiger charge is 2.08. The predicted octanol–water partition coefficient (Wildman–Crippen LogP) is -0.472. The number of halogens is 1. The molecular formula is C5H6ClO3-. The molecule has 0 bridgehead atoms. The Balaban J connectivity index is 3.63. The largest absolute Gasteiger partial charge is 0.550 e. The van der Waals surface area contributed by atoms with Crippen LogP contribution in [0.15, 0.2) is 0 Å². The summed E-state index contributed by atoms with van der Waals surface area (Å²) in [4.78, 5) is 19.9. The van der Waals surface area contributed by atoms with Gasteiger partial charge < -0.3 is 9.90 Å². The van der Waals surface area contributed by atoms with E-state index in [1.54, 1.807) is 0 Å². The van der Waals surface area contributed by atoms with Crippen molar-refractivity contribution in [2.75, 3.05) is 0 Å². The van der Waals surface area contributed by atoms with Crippen LogP contribution in [0.3, 0.4) is 0 Å². The lowest BCUT2D eigenvalue weighted by molar-refractivity contribution is -0.306. The first-order valence-corrected chi connectivity index (χ1v) is 2.81. The molecule has 0 aliphatic heterocycles. The van der Waals surface area contributed by atoms with Crippen molar-refractivity contribution in [3.63, 3.8) is 0 Å². The molecule has 0 rings (SSSR count). The van der Waals surface area contributed by atoms with Crippen molar-refractivity contribution in [1.82, 2.24) is 0 Å². The Kier molecular flexibility index (Phi) is 3.24. The topological polar surface area (TPSA) is 57.2 Å². The molecular weight excluding hydrogens is 144 g/mol. The maximum absolute atomic E-state index is 10.2. The Morgan fingerprint density at radius 3 is 2.22 bits per heavy atom. The van der Waals surface area contributed by atoms with Crippen molar-refractivity contribution >= 4 is 22.8 Å². The normalized spacial score (nSPS) is 12.7. The van der Waals surface area contributed by atoms with Gasteiger partial charge in [-0.3, -0.25) is 4.79 Å². The molecule has 3 nitrogen and oxygen atoms in total. The van der Waals surface area contributed by atoms with Crippen LogP contribution in [0.5, 0.6) is 0 Å². The standard InChI is InChI=1S/C5H7ClO3/c1-3(5(6)9)2-4(7)8/h3H,2H2,1H3,(H,7,8)/p-1. The number of rotatable bonds is 3. The number of carboxylic acids is 1. The second kappa shape index (κ2) is 3.45. The number of carboxylic acid groups (broad SMARTS) is 1. The number of hydrogen-bond acceptors (Lipinski definition) is 3. The summed E-state index contributed by atoms with van der Waals surface area (Å²) in [7, 11) is 0. The van der Waals surface area contributed by atoms with Crippen molar-refractivity contribution in [3.8, 4) is 0 Å². The predicted molar refractivity (Wildman–Crippen MR) is 29.6 cm³/mol. The highest BCUT2D eigenvalue weighted by Crippen LogP contribution is 2.04. The van der Waals surface area contributed by atoms with Gasteiger partial charge in [0.05, 0.1) is 0 Å². The Labute approximate surface area is 57.6 Å². The number of hydrogen-bond donors (Lipinski definition) is 0. The lowest BCUT2D eigenvalue weighted by Crippen LogP contribution is -2.25.